The quantitative estimate of drug-likeness (QED) is 0.403. The van der Waals surface area contributed by atoms with Crippen LogP contribution in [-0.4, -0.2) is 47.2 Å². The number of carbonyl (C=O) groups excluding carboxylic acids is 1. The summed E-state index contributed by atoms with van der Waals surface area (Å²) in [5.41, 5.74) is 4.33. The molecule has 5 rings (SSSR count). The number of rotatable bonds is 4. The lowest BCUT2D eigenvalue weighted by Crippen LogP contribution is -2.49. The second-order valence-corrected chi connectivity index (χ2v) is 8.76. The van der Waals surface area contributed by atoms with Crippen LogP contribution in [0.1, 0.15) is 5.56 Å². The molecule has 1 N–H and O–H groups in total. The van der Waals surface area contributed by atoms with Gasteiger partial charge in [0.25, 0.3) is 0 Å². The fraction of sp³-hybridized carbons (Fsp3) is 0.200. The van der Waals surface area contributed by atoms with Crippen molar-refractivity contribution in [1.82, 2.24) is 15.0 Å². The van der Waals surface area contributed by atoms with E-state index in [0.717, 1.165) is 29.5 Å². The van der Waals surface area contributed by atoms with Gasteiger partial charge in [0.1, 0.15) is 0 Å². The van der Waals surface area contributed by atoms with Gasteiger partial charge in [-0.3, -0.25) is 10.2 Å². The lowest BCUT2D eigenvalue weighted by molar-refractivity contribution is 0.143. The van der Waals surface area contributed by atoms with E-state index in [0.29, 0.717) is 24.5 Å². The van der Waals surface area contributed by atoms with E-state index in [1.165, 1.54) is 16.7 Å². The number of halogens is 1. The number of aromatic nitrogens is 1. The van der Waals surface area contributed by atoms with Gasteiger partial charge in [0, 0.05) is 37.2 Å². The molecule has 0 atom stereocenters. The third kappa shape index (κ3) is 4.40. The van der Waals surface area contributed by atoms with Gasteiger partial charge >= 0.3 is 6.03 Å². The molecular formula is C25H23BrN4O2. The second kappa shape index (κ2) is 9.14. The van der Waals surface area contributed by atoms with Gasteiger partial charge in [-0.05, 0) is 41.0 Å². The van der Waals surface area contributed by atoms with Crippen LogP contribution in [0.15, 0.2) is 81.8 Å². The predicted octanol–water partition coefficient (Wildman–Crippen LogP) is 5.61. The van der Waals surface area contributed by atoms with E-state index in [1.54, 1.807) is 0 Å². The standard InChI is InChI=1S/C25H23BrN4O2/c26-22-10-3-1-8-20(22)19-7-5-6-18(16-19)17-29-12-14-30(15-13-29)25(31)27-24-21-9-2-4-11-23(21)32-28-24/h1-11,16H,12-15,17H2,(H,27,28,31). The smallest absolute Gasteiger partial charge is 0.323 e. The van der Waals surface area contributed by atoms with Crippen LogP contribution in [0.25, 0.3) is 22.1 Å². The number of fused-ring (bicyclic) bond motifs is 1. The molecule has 1 aromatic heterocycles. The number of carbonyl (C=O) groups is 1. The number of nitrogens with one attached hydrogen (secondary N) is 1. The van der Waals surface area contributed by atoms with Crippen molar-refractivity contribution in [2.24, 2.45) is 0 Å². The zero-order valence-corrected chi connectivity index (χ0v) is 19.1. The summed E-state index contributed by atoms with van der Waals surface area (Å²) in [6.07, 6.45) is 0. The Balaban J connectivity index is 1.19. The maximum Gasteiger partial charge on any atom is 0.323 e. The monoisotopic (exact) mass is 490 g/mol. The highest BCUT2D eigenvalue weighted by molar-refractivity contribution is 9.10. The molecule has 0 aliphatic carbocycles. The number of anilines is 1. The number of para-hydroxylation sites is 1. The molecule has 7 heteroatoms. The van der Waals surface area contributed by atoms with E-state index in [-0.39, 0.29) is 6.03 Å². The van der Waals surface area contributed by atoms with E-state index in [4.69, 9.17) is 4.52 Å². The van der Waals surface area contributed by atoms with Gasteiger partial charge in [0.05, 0.1) is 5.39 Å². The highest BCUT2D eigenvalue weighted by atomic mass is 79.9. The van der Waals surface area contributed by atoms with Crippen LogP contribution in [0, 0.1) is 0 Å². The van der Waals surface area contributed by atoms with Crippen LogP contribution in [-0.2, 0) is 6.54 Å². The van der Waals surface area contributed by atoms with Gasteiger partial charge < -0.3 is 9.42 Å². The largest absolute Gasteiger partial charge is 0.354 e. The molecule has 2 heterocycles. The summed E-state index contributed by atoms with van der Waals surface area (Å²) in [5, 5.41) is 7.69. The Hall–Kier alpha value is -3.16. The van der Waals surface area contributed by atoms with Crippen molar-refractivity contribution < 1.29 is 9.32 Å². The van der Waals surface area contributed by atoms with Gasteiger partial charge in [0.2, 0.25) is 0 Å². The maximum atomic E-state index is 12.7. The molecule has 0 bridgehead atoms. The average molecular weight is 491 g/mol. The van der Waals surface area contributed by atoms with Crippen molar-refractivity contribution in [2.75, 3.05) is 31.5 Å². The molecule has 4 aromatic rings. The van der Waals surface area contributed by atoms with Crippen LogP contribution in [0.2, 0.25) is 0 Å². The van der Waals surface area contributed by atoms with Crippen LogP contribution in [0.3, 0.4) is 0 Å². The van der Waals surface area contributed by atoms with Gasteiger partial charge in [-0.1, -0.05) is 69.6 Å². The third-order valence-electron chi connectivity index (χ3n) is 5.78. The van der Waals surface area contributed by atoms with Crippen molar-refractivity contribution in [3.8, 4) is 11.1 Å². The van der Waals surface area contributed by atoms with Crippen molar-refractivity contribution >= 4 is 38.7 Å². The lowest BCUT2D eigenvalue weighted by atomic mass is 10.0. The Labute approximate surface area is 194 Å². The topological polar surface area (TPSA) is 61.6 Å². The number of benzene rings is 3. The molecule has 0 radical (unpaired) electrons. The van der Waals surface area contributed by atoms with Crippen molar-refractivity contribution in [2.45, 2.75) is 6.54 Å². The second-order valence-electron chi connectivity index (χ2n) is 7.90. The normalized spacial score (nSPS) is 14.6. The van der Waals surface area contributed by atoms with Crippen LogP contribution in [0.5, 0.6) is 0 Å². The van der Waals surface area contributed by atoms with E-state index in [2.05, 4.69) is 73.8 Å². The Morgan fingerprint density at radius 1 is 0.969 bits per heavy atom. The maximum absolute atomic E-state index is 12.7. The minimum Gasteiger partial charge on any atom is -0.354 e. The number of piperazine rings is 1. The molecule has 162 valence electrons. The van der Waals surface area contributed by atoms with Crippen molar-refractivity contribution in [3.05, 3.63) is 82.8 Å². The van der Waals surface area contributed by atoms with E-state index >= 15 is 0 Å². The molecule has 32 heavy (non-hydrogen) atoms. The fourth-order valence-electron chi connectivity index (χ4n) is 4.06. The highest BCUT2D eigenvalue weighted by Crippen LogP contribution is 2.29. The first-order valence-electron chi connectivity index (χ1n) is 10.6. The van der Waals surface area contributed by atoms with Crippen molar-refractivity contribution in [3.63, 3.8) is 0 Å². The van der Waals surface area contributed by atoms with Crippen LogP contribution < -0.4 is 5.32 Å². The number of hydrogen-bond donors (Lipinski definition) is 1. The molecule has 0 saturated carbocycles. The Morgan fingerprint density at radius 3 is 2.59 bits per heavy atom. The number of urea groups is 1. The van der Waals surface area contributed by atoms with E-state index < -0.39 is 0 Å². The molecule has 1 aliphatic rings. The summed E-state index contributed by atoms with van der Waals surface area (Å²) in [5.74, 6) is 0.469. The number of nitrogens with zero attached hydrogens (tertiary/aromatic N) is 3. The van der Waals surface area contributed by atoms with Gasteiger partial charge in [0.15, 0.2) is 11.4 Å². The molecule has 2 amide bonds. The third-order valence-corrected chi connectivity index (χ3v) is 6.47. The van der Waals surface area contributed by atoms with Gasteiger partial charge in [-0.2, -0.15) is 0 Å². The molecule has 0 spiro atoms. The summed E-state index contributed by atoms with van der Waals surface area (Å²) >= 11 is 3.65. The Kier molecular flexibility index (Phi) is 5.92. The molecule has 1 fully saturated rings. The zero-order chi connectivity index (χ0) is 21.9. The summed E-state index contributed by atoms with van der Waals surface area (Å²) in [6.45, 7) is 3.86. The zero-order valence-electron chi connectivity index (χ0n) is 17.5. The van der Waals surface area contributed by atoms with Gasteiger partial charge in [-0.15, -0.1) is 0 Å². The Bertz CT molecular complexity index is 1250. The molecule has 6 nitrogen and oxygen atoms in total. The first-order valence-corrected chi connectivity index (χ1v) is 11.4. The molecular weight excluding hydrogens is 468 g/mol. The van der Waals surface area contributed by atoms with Crippen LogP contribution in [0.4, 0.5) is 10.6 Å². The summed E-state index contributed by atoms with van der Waals surface area (Å²) in [7, 11) is 0. The minimum atomic E-state index is -0.139. The first-order chi connectivity index (χ1) is 15.7. The molecule has 3 aromatic carbocycles. The molecule has 0 unspecified atom stereocenters. The molecule has 1 aliphatic heterocycles. The SMILES string of the molecule is O=C(Nc1noc2ccccc12)N1CCN(Cc2cccc(-c3ccccc3Br)c2)CC1. The Morgan fingerprint density at radius 2 is 1.75 bits per heavy atom. The van der Waals surface area contributed by atoms with Gasteiger partial charge in [-0.25, -0.2) is 4.79 Å². The molecule has 1 saturated heterocycles. The highest BCUT2D eigenvalue weighted by Gasteiger charge is 2.22. The van der Waals surface area contributed by atoms with E-state index in [9.17, 15) is 4.79 Å². The summed E-state index contributed by atoms with van der Waals surface area (Å²) in [6, 6.07) is 24.3. The van der Waals surface area contributed by atoms with Crippen LogP contribution >= 0.6 is 15.9 Å². The first kappa shape index (κ1) is 20.7. The average Bonchev–Trinajstić information content (AvgIpc) is 3.23. The number of hydrogen-bond acceptors (Lipinski definition) is 4. The fourth-order valence-corrected chi connectivity index (χ4v) is 4.57. The van der Waals surface area contributed by atoms with Crippen molar-refractivity contribution in [1.29, 1.82) is 0 Å². The summed E-state index contributed by atoms with van der Waals surface area (Å²) in [4.78, 5) is 16.9. The minimum absolute atomic E-state index is 0.139. The van der Waals surface area contributed by atoms with E-state index in [1.807, 2.05) is 35.2 Å². The lowest BCUT2D eigenvalue weighted by Gasteiger charge is -2.34. The summed E-state index contributed by atoms with van der Waals surface area (Å²) < 4.78 is 6.37. The predicted molar refractivity (Wildman–Crippen MR) is 129 cm³/mol. The number of amides is 2.